The van der Waals surface area contributed by atoms with Gasteiger partial charge in [-0.15, -0.1) is 0 Å². The first kappa shape index (κ1) is 25.1. The first-order valence-electron chi connectivity index (χ1n) is 13.1. The van der Waals surface area contributed by atoms with Crippen LogP contribution >= 0.6 is 0 Å². The van der Waals surface area contributed by atoms with E-state index in [1.165, 1.54) is 0 Å². The molecular weight excluding hydrogens is 462 g/mol. The predicted molar refractivity (Wildman–Crippen MR) is 151 cm³/mol. The van der Waals surface area contributed by atoms with E-state index in [-0.39, 0.29) is 5.91 Å². The van der Waals surface area contributed by atoms with Crippen LogP contribution in [0.25, 0.3) is 28.1 Å². The lowest BCUT2D eigenvalue weighted by Gasteiger charge is -2.38. The molecule has 0 spiro atoms. The highest BCUT2D eigenvalue weighted by Gasteiger charge is 2.39. The topological polar surface area (TPSA) is 94.5 Å². The Morgan fingerprint density at radius 1 is 1.08 bits per heavy atom. The van der Waals surface area contributed by atoms with Crippen LogP contribution in [0.2, 0.25) is 0 Å². The maximum atomic E-state index is 13.6. The Balaban J connectivity index is 1.62. The summed E-state index contributed by atoms with van der Waals surface area (Å²) in [6.45, 7) is 11.6. The van der Waals surface area contributed by atoms with Crippen molar-refractivity contribution in [2.45, 2.75) is 40.2 Å². The normalized spacial score (nSPS) is 19.9. The van der Waals surface area contributed by atoms with Gasteiger partial charge in [-0.2, -0.15) is 0 Å². The summed E-state index contributed by atoms with van der Waals surface area (Å²) < 4.78 is 0. The van der Waals surface area contributed by atoms with Gasteiger partial charge < -0.3 is 25.8 Å². The molecule has 1 saturated heterocycles. The molecule has 2 amide bonds. The monoisotopic (exact) mass is 499 g/mol. The second-order valence-electron chi connectivity index (χ2n) is 11.1. The summed E-state index contributed by atoms with van der Waals surface area (Å²) in [5.74, 6) is -0.317. The number of carbonyl (C=O) groups is 2. The number of piperazine rings is 1. The molecule has 2 aliphatic rings. The molecule has 7 nitrogen and oxygen atoms in total. The van der Waals surface area contributed by atoms with Crippen LogP contribution in [0.5, 0.6) is 0 Å². The van der Waals surface area contributed by atoms with Crippen molar-refractivity contribution in [1.82, 2.24) is 14.8 Å². The van der Waals surface area contributed by atoms with Gasteiger partial charge in [0.25, 0.3) is 5.91 Å². The number of nitrogens with two attached hydrogens (primary N) is 1. The standard InChI is InChI=1S/C30H37N5O2/c1-18(2)32-24-8-6-7-20(19(24)3)21-9-10-23(28(31)36)27-26(21)22-11-12-30(4,17-25(22)33-27)29(37)35-15-13-34(5)14-16-35/h6-12,18,32-33H,13-17H2,1-5H3,(H2,31,36). The first-order valence-corrected chi connectivity index (χ1v) is 13.1. The van der Waals surface area contributed by atoms with Crippen LogP contribution < -0.4 is 11.1 Å². The number of benzene rings is 2. The molecule has 7 heteroatoms. The van der Waals surface area contributed by atoms with Crippen LogP contribution in [0.3, 0.4) is 0 Å². The number of nitrogens with zero attached hydrogens (tertiary/aromatic N) is 2. The van der Waals surface area contributed by atoms with Gasteiger partial charge in [-0.3, -0.25) is 9.59 Å². The van der Waals surface area contributed by atoms with Gasteiger partial charge in [0.2, 0.25) is 5.91 Å². The number of hydrogen-bond donors (Lipinski definition) is 3. The Morgan fingerprint density at radius 3 is 2.49 bits per heavy atom. The van der Waals surface area contributed by atoms with Crippen molar-refractivity contribution in [3.8, 4) is 11.1 Å². The van der Waals surface area contributed by atoms with Gasteiger partial charge in [-0.1, -0.05) is 30.4 Å². The van der Waals surface area contributed by atoms with Crippen LogP contribution in [0, 0.1) is 12.3 Å². The zero-order chi connectivity index (χ0) is 26.5. The molecule has 2 aromatic carbocycles. The summed E-state index contributed by atoms with van der Waals surface area (Å²) in [6, 6.07) is 10.4. The van der Waals surface area contributed by atoms with E-state index in [4.69, 9.17) is 5.73 Å². The zero-order valence-corrected chi connectivity index (χ0v) is 22.4. The van der Waals surface area contributed by atoms with E-state index in [0.29, 0.717) is 18.0 Å². The van der Waals surface area contributed by atoms with Gasteiger partial charge in [-0.05, 0) is 63.6 Å². The largest absolute Gasteiger partial charge is 0.383 e. The third kappa shape index (κ3) is 4.42. The molecule has 5 rings (SSSR count). The molecule has 4 N–H and O–H groups in total. The highest BCUT2D eigenvalue weighted by molar-refractivity contribution is 6.13. The fourth-order valence-electron chi connectivity index (χ4n) is 5.74. The van der Waals surface area contributed by atoms with E-state index in [2.05, 4.69) is 67.3 Å². The van der Waals surface area contributed by atoms with Gasteiger partial charge in [0.1, 0.15) is 0 Å². The summed E-state index contributed by atoms with van der Waals surface area (Å²) in [4.78, 5) is 33.7. The number of amides is 2. The minimum atomic E-state index is -0.645. The molecule has 1 fully saturated rings. The van der Waals surface area contributed by atoms with Gasteiger partial charge in [-0.25, -0.2) is 0 Å². The summed E-state index contributed by atoms with van der Waals surface area (Å²) in [7, 11) is 2.09. The van der Waals surface area contributed by atoms with Crippen molar-refractivity contribution in [3.05, 3.63) is 58.8 Å². The molecule has 0 bridgehead atoms. The Hall–Kier alpha value is -3.58. The van der Waals surface area contributed by atoms with Crippen LogP contribution in [0.4, 0.5) is 5.69 Å². The van der Waals surface area contributed by atoms with Gasteiger partial charge >= 0.3 is 0 Å². The lowest BCUT2D eigenvalue weighted by Crippen LogP contribution is -2.52. The van der Waals surface area contributed by atoms with E-state index < -0.39 is 11.3 Å². The number of aromatic nitrogens is 1. The van der Waals surface area contributed by atoms with E-state index >= 15 is 0 Å². The Kier molecular flexibility index (Phi) is 6.36. The molecule has 1 aromatic heterocycles. The summed E-state index contributed by atoms with van der Waals surface area (Å²) in [5, 5.41) is 4.51. The zero-order valence-electron chi connectivity index (χ0n) is 22.4. The predicted octanol–water partition coefficient (Wildman–Crippen LogP) is 4.41. The van der Waals surface area contributed by atoms with Crippen molar-refractivity contribution in [2.24, 2.45) is 11.1 Å². The minimum absolute atomic E-state index is 0.153. The molecule has 1 aliphatic carbocycles. The number of aromatic amines is 1. The van der Waals surface area contributed by atoms with E-state index in [9.17, 15) is 9.59 Å². The van der Waals surface area contributed by atoms with Gasteiger partial charge in [0, 0.05) is 61.0 Å². The smallest absolute Gasteiger partial charge is 0.250 e. The number of fused-ring (bicyclic) bond motifs is 3. The Bertz CT molecular complexity index is 1410. The van der Waals surface area contributed by atoms with E-state index in [1.54, 1.807) is 0 Å². The SMILES string of the molecule is Cc1c(NC(C)C)cccc1-c1ccc(C(N)=O)c2[nH]c3c(c12)C=CC(C)(C(=O)N1CCN(C)CC1)C3. The van der Waals surface area contributed by atoms with Crippen LogP contribution in [-0.4, -0.2) is 65.9 Å². The van der Waals surface area contributed by atoms with E-state index in [0.717, 1.165) is 70.7 Å². The fourth-order valence-corrected chi connectivity index (χ4v) is 5.74. The summed E-state index contributed by atoms with van der Waals surface area (Å²) in [6.07, 6.45) is 4.66. The average Bonchev–Trinajstić information content (AvgIpc) is 3.22. The molecule has 1 unspecified atom stereocenters. The molecule has 0 saturated carbocycles. The van der Waals surface area contributed by atoms with Crippen LogP contribution in [-0.2, 0) is 11.2 Å². The number of primary amides is 1. The van der Waals surface area contributed by atoms with Gasteiger partial charge in [0.05, 0.1) is 16.5 Å². The number of carbonyl (C=O) groups excluding carboxylic acids is 2. The van der Waals surface area contributed by atoms with E-state index in [1.807, 2.05) is 30.0 Å². The number of H-pyrrole nitrogens is 1. The molecule has 0 radical (unpaired) electrons. The molecule has 37 heavy (non-hydrogen) atoms. The number of hydrogen-bond acceptors (Lipinski definition) is 4. The van der Waals surface area contributed by atoms with Crippen molar-refractivity contribution >= 4 is 34.5 Å². The maximum absolute atomic E-state index is 13.6. The van der Waals surface area contributed by atoms with Crippen LogP contribution in [0.1, 0.15) is 48.0 Å². The molecular formula is C30H37N5O2. The molecule has 194 valence electrons. The second kappa shape index (κ2) is 9.38. The Morgan fingerprint density at radius 2 is 1.81 bits per heavy atom. The number of likely N-dealkylation sites (N-methyl/N-ethyl adjacent to an activating group) is 1. The summed E-state index contributed by atoms with van der Waals surface area (Å²) in [5.41, 5.74) is 12.7. The maximum Gasteiger partial charge on any atom is 0.250 e. The van der Waals surface area contributed by atoms with Crippen molar-refractivity contribution in [2.75, 3.05) is 38.5 Å². The molecule has 1 atom stereocenters. The third-order valence-electron chi connectivity index (χ3n) is 7.85. The number of rotatable bonds is 5. The molecule has 3 aromatic rings. The third-order valence-corrected chi connectivity index (χ3v) is 7.85. The lowest BCUT2D eigenvalue weighted by atomic mass is 9.78. The van der Waals surface area contributed by atoms with Crippen LogP contribution in [0.15, 0.2) is 36.4 Å². The Labute approximate surface area is 218 Å². The molecule has 2 heterocycles. The number of nitrogens with one attached hydrogen (secondary N) is 2. The second-order valence-corrected chi connectivity index (χ2v) is 11.1. The highest BCUT2D eigenvalue weighted by atomic mass is 16.2. The summed E-state index contributed by atoms with van der Waals surface area (Å²) >= 11 is 0. The van der Waals surface area contributed by atoms with Crippen molar-refractivity contribution in [1.29, 1.82) is 0 Å². The lowest BCUT2D eigenvalue weighted by molar-refractivity contribution is -0.140. The average molecular weight is 500 g/mol. The minimum Gasteiger partial charge on any atom is -0.383 e. The van der Waals surface area contributed by atoms with Crippen molar-refractivity contribution in [3.63, 3.8) is 0 Å². The fraction of sp³-hybridized carbons (Fsp3) is 0.400. The highest BCUT2D eigenvalue weighted by Crippen LogP contribution is 2.43. The molecule has 1 aliphatic heterocycles. The first-order chi connectivity index (χ1) is 17.6. The number of anilines is 1. The quantitative estimate of drug-likeness (QED) is 0.485. The van der Waals surface area contributed by atoms with Crippen molar-refractivity contribution < 1.29 is 9.59 Å². The van der Waals surface area contributed by atoms with Gasteiger partial charge in [0.15, 0.2) is 0 Å².